The van der Waals surface area contributed by atoms with Crippen LogP contribution in [0.3, 0.4) is 0 Å². The van der Waals surface area contributed by atoms with Crippen LogP contribution < -0.4 is 9.64 Å². The van der Waals surface area contributed by atoms with Gasteiger partial charge in [-0.25, -0.2) is 4.79 Å². The number of aryl methyl sites for hydroxylation is 1. The van der Waals surface area contributed by atoms with Gasteiger partial charge in [0.25, 0.3) is 10.1 Å². The van der Waals surface area contributed by atoms with Crippen LogP contribution in [-0.4, -0.2) is 64.8 Å². The largest absolute Gasteiger partial charge is 0.490 e. The van der Waals surface area contributed by atoms with E-state index >= 15 is 0 Å². The van der Waals surface area contributed by atoms with E-state index in [0.29, 0.717) is 24.9 Å². The molecule has 8 nitrogen and oxygen atoms in total. The average molecular weight is 632 g/mol. The first-order valence-corrected chi connectivity index (χ1v) is 17.7. The fourth-order valence-corrected chi connectivity index (χ4v) is 9.18. The minimum Gasteiger partial charge on any atom is -0.490 e. The minimum atomic E-state index is -3.51. The second kappa shape index (κ2) is 12.2. The molecular weight excluding hydrogens is 590 g/mol. The molecule has 1 N–H and O–H groups in total. The van der Waals surface area contributed by atoms with E-state index in [1.165, 1.54) is 11.1 Å². The van der Waals surface area contributed by atoms with Crippen molar-refractivity contribution in [2.45, 2.75) is 75.4 Å². The molecule has 6 rings (SSSR count). The molecule has 3 aliphatic carbocycles. The maximum absolute atomic E-state index is 12.0. The van der Waals surface area contributed by atoms with Crippen LogP contribution in [0.15, 0.2) is 36.4 Å². The first-order valence-electron chi connectivity index (χ1n) is 15.5. The van der Waals surface area contributed by atoms with Crippen LogP contribution in [0.5, 0.6) is 5.75 Å². The Labute approximate surface area is 259 Å². The predicted octanol–water partition coefficient (Wildman–Crippen LogP) is 6.09. The highest BCUT2D eigenvalue weighted by molar-refractivity contribution is 7.86. The molecule has 1 spiro atoms. The lowest BCUT2D eigenvalue weighted by molar-refractivity contribution is -0.0693. The number of nitrogens with zero attached hydrogens (tertiary/aromatic N) is 1. The maximum atomic E-state index is 12.0. The van der Waals surface area contributed by atoms with Gasteiger partial charge in [0.1, 0.15) is 5.75 Å². The van der Waals surface area contributed by atoms with Gasteiger partial charge in [-0.3, -0.25) is 4.18 Å². The van der Waals surface area contributed by atoms with Gasteiger partial charge in [-0.05, 0) is 111 Å². The number of carbonyl (C=O) groups is 1. The monoisotopic (exact) mass is 631 g/mol. The molecule has 2 saturated carbocycles. The summed E-state index contributed by atoms with van der Waals surface area (Å²) in [6.45, 7) is 2.02. The molecule has 1 heterocycles. The number of methoxy groups -OCH3 is 1. The Morgan fingerprint density at radius 2 is 2.00 bits per heavy atom. The summed E-state index contributed by atoms with van der Waals surface area (Å²) in [7, 11) is -1.74. The van der Waals surface area contributed by atoms with Crippen molar-refractivity contribution in [1.82, 2.24) is 0 Å². The third kappa shape index (κ3) is 6.42. The van der Waals surface area contributed by atoms with Gasteiger partial charge >= 0.3 is 5.97 Å². The molecule has 10 heteroatoms. The highest BCUT2D eigenvalue weighted by Crippen LogP contribution is 2.48. The summed E-state index contributed by atoms with van der Waals surface area (Å²) in [5, 5.41) is 10.6. The predicted molar refractivity (Wildman–Crippen MR) is 166 cm³/mol. The highest BCUT2D eigenvalue weighted by atomic mass is 35.5. The quantitative estimate of drug-likeness (QED) is 0.350. The Bertz CT molecular complexity index is 1470. The molecule has 1 aliphatic heterocycles. The van der Waals surface area contributed by atoms with Crippen molar-refractivity contribution in [2.24, 2.45) is 17.8 Å². The molecule has 6 atom stereocenters. The lowest BCUT2D eigenvalue weighted by Gasteiger charge is -2.48. The Kier molecular flexibility index (Phi) is 8.72. The van der Waals surface area contributed by atoms with Crippen molar-refractivity contribution in [2.75, 3.05) is 38.0 Å². The van der Waals surface area contributed by atoms with Crippen molar-refractivity contribution in [3.05, 3.63) is 58.1 Å². The average Bonchev–Trinajstić information content (AvgIpc) is 3.10. The Morgan fingerprint density at radius 1 is 1.16 bits per heavy atom. The van der Waals surface area contributed by atoms with Gasteiger partial charge in [0.15, 0.2) is 0 Å². The lowest BCUT2D eigenvalue weighted by atomic mass is 9.65. The molecule has 0 amide bonds. The lowest BCUT2D eigenvalue weighted by Crippen LogP contribution is -2.51. The van der Waals surface area contributed by atoms with Crippen LogP contribution in [0.25, 0.3) is 0 Å². The van der Waals surface area contributed by atoms with Crippen LogP contribution in [0.4, 0.5) is 5.69 Å². The summed E-state index contributed by atoms with van der Waals surface area (Å²) >= 11 is 6.40. The molecule has 4 aliphatic rings. The second-order valence-corrected chi connectivity index (χ2v) is 15.2. The number of anilines is 1. The van der Waals surface area contributed by atoms with E-state index in [4.69, 9.17) is 25.3 Å². The van der Waals surface area contributed by atoms with Gasteiger partial charge in [0, 0.05) is 30.6 Å². The second-order valence-electron chi connectivity index (χ2n) is 13.1. The van der Waals surface area contributed by atoms with E-state index in [0.717, 1.165) is 87.2 Å². The van der Waals surface area contributed by atoms with Gasteiger partial charge in [0.05, 0.1) is 36.3 Å². The van der Waals surface area contributed by atoms with Crippen molar-refractivity contribution in [3.8, 4) is 5.75 Å². The molecular formula is C33H42ClNO7S. The van der Waals surface area contributed by atoms with Gasteiger partial charge in [-0.2, -0.15) is 8.42 Å². The fraction of sp³-hybridized carbons (Fsp3) is 0.606. The number of halogens is 1. The zero-order chi connectivity index (χ0) is 30.4. The smallest absolute Gasteiger partial charge is 0.335 e. The Balaban J connectivity index is 1.28. The van der Waals surface area contributed by atoms with Gasteiger partial charge < -0.3 is 19.5 Å². The van der Waals surface area contributed by atoms with Crippen LogP contribution in [0.2, 0.25) is 5.02 Å². The molecule has 43 heavy (non-hydrogen) atoms. The van der Waals surface area contributed by atoms with E-state index in [1.807, 2.05) is 6.07 Å². The fourth-order valence-electron chi connectivity index (χ4n) is 8.32. The molecule has 2 fully saturated rings. The number of carboxylic acids is 1. The summed E-state index contributed by atoms with van der Waals surface area (Å²) in [6, 6.07) is 11.4. The zero-order valence-corrected chi connectivity index (χ0v) is 26.5. The maximum Gasteiger partial charge on any atom is 0.335 e. The van der Waals surface area contributed by atoms with Gasteiger partial charge in [-0.15, -0.1) is 0 Å². The zero-order valence-electron chi connectivity index (χ0n) is 25.0. The molecule has 234 valence electrons. The van der Waals surface area contributed by atoms with E-state index in [1.54, 1.807) is 25.3 Å². The molecule has 0 bridgehead atoms. The SMILES string of the molecule is CO[C@H]([C@H]1CCC[C@H](OS(C)(=O)=O)C1)[C@@H]1CC[C@H]1CN1C[C@]2(CCCc3cc(Cl)ccc32)COc2ccc(C(=O)O)cc21. The highest BCUT2D eigenvalue weighted by Gasteiger charge is 2.46. The first-order chi connectivity index (χ1) is 20.5. The molecule has 2 aromatic rings. The molecule has 0 unspecified atom stereocenters. The molecule has 0 saturated heterocycles. The van der Waals surface area contributed by atoms with Crippen LogP contribution in [0.1, 0.15) is 72.9 Å². The third-order valence-corrected chi connectivity index (χ3v) is 11.2. The van der Waals surface area contributed by atoms with E-state index in [9.17, 15) is 18.3 Å². The summed E-state index contributed by atoms with van der Waals surface area (Å²) in [6.07, 6.45) is 9.31. The summed E-state index contributed by atoms with van der Waals surface area (Å²) in [5.74, 6) is 0.679. The van der Waals surface area contributed by atoms with Crippen molar-refractivity contribution in [1.29, 1.82) is 0 Å². The van der Waals surface area contributed by atoms with Gasteiger partial charge in [-0.1, -0.05) is 24.1 Å². The van der Waals surface area contributed by atoms with Crippen molar-refractivity contribution in [3.63, 3.8) is 0 Å². The van der Waals surface area contributed by atoms with Gasteiger partial charge in [0.2, 0.25) is 0 Å². The van der Waals surface area contributed by atoms with Crippen LogP contribution in [0, 0.1) is 17.8 Å². The summed E-state index contributed by atoms with van der Waals surface area (Å²) < 4.78 is 41.7. The number of ether oxygens (including phenoxy) is 2. The first kappa shape index (κ1) is 30.7. The van der Waals surface area contributed by atoms with Crippen molar-refractivity contribution < 1.29 is 32.0 Å². The Morgan fingerprint density at radius 3 is 2.72 bits per heavy atom. The Hall–Kier alpha value is -2.33. The minimum absolute atomic E-state index is 0.0178. The number of rotatable bonds is 8. The standard InChI is InChI=1S/C33H42ClNO7S/c1-40-31(22-5-3-7-26(16-22)42-43(2,38)39)27-11-8-24(27)18-35-19-33(14-4-6-21-15-25(34)10-12-28(21)33)20-41-30-13-9-23(32(36)37)17-29(30)35/h9-10,12-13,15,17,22,24,26-27,31H,3-8,11,14,16,18-20H2,1-2H3,(H,36,37)/t22-,24-,26-,27+,31+,33+/m0/s1. The number of benzene rings is 2. The summed E-state index contributed by atoms with van der Waals surface area (Å²) in [5.41, 5.74) is 3.39. The molecule has 0 radical (unpaired) electrons. The molecule has 0 aromatic heterocycles. The van der Waals surface area contributed by atoms with E-state index in [-0.39, 0.29) is 29.1 Å². The number of hydrogen-bond acceptors (Lipinski definition) is 7. The molecule has 2 aromatic carbocycles. The van der Waals surface area contributed by atoms with E-state index < -0.39 is 16.1 Å². The topological polar surface area (TPSA) is 102 Å². The normalized spacial score (nSPS) is 29.5. The van der Waals surface area contributed by atoms with Crippen LogP contribution >= 0.6 is 11.6 Å². The third-order valence-electron chi connectivity index (χ3n) is 10.4. The van der Waals surface area contributed by atoms with Crippen molar-refractivity contribution >= 4 is 33.4 Å². The number of fused-ring (bicyclic) bond motifs is 3. The number of aromatic carboxylic acids is 1. The van der Waals surface area contributed by atoms with Crippen LogP contribution in [-0.2, 0) is 30.9 Å². The van der Waals surface area contributed by atoms with E-state index in [2.05, 4.69) is 17.0 Å². The number of carboxylic acid groups (broad SMARTS) is 1. The summed E-state index contributed by atoms with van der Waals surface area (Å²) in [4.78, 5) is 14.4. The number of hydrogen-bond donors (Lipinski definition) is 1.